The van der Waals surface area contributed by atoms with E-state index in [0.717, 1.165) is 30.8 Å². The highest BCUT2D eigenvalue weighted by molar-refractivity contribution is 5.33. The number of nitrogens with two attached hydrogens (primary N) is 1. The van der Waals surface area contributed by atoms with Crippen LogP contribution in [0.4, 0.5) is 5.95 Å². The van der Waals surface area contributed by atoms with Crippen LogP contribution in [-0.2, 0) is 17.6 Å². The molecule has 0 bridgehead atoms. The molecule has 1 saturated heterocycles. The Labute approximate surface area is 108 Å². The molecule has 1 aliphatic heterocycles. The van der Waals surface area contributed by atoms with E-state index >= 15 is 0 Å². The summed E-state index contributed by atoms with van der Waals surface area (Å²) in [6.45, 7) is 6.81. The van der Waals surface area contributed by atoms with Gasteiger partial charge in [0.25, 0.3) is 0 Å². The lowest BCUT2D eigenvalue weighted by atomic mass is 10.2. The molecular weight excluding hydrogens is 230 g/mol. The number of ether oxygens (including phenoxy) is 1. The average molecular weight is 251 g/mol. The molecule has 1 aliphatic rings. The number of hydrogen-bond acceptors (Lipinski definition) is 6. The van der Waals surface area contributed by atoms with Crippen LogP contribution in [0.1, 0.15) is 25.2 Å². The molecule has 6 nitrogen and oxygen atoms in total. The van der Waals surface area contributed by atoms with Gasteiger partial charge in [-0.25, -0.2) is 4.98 Å². The third kappa shape index (κ3) is 2.59. The van der Waals surface area contributed by atoms with Crippen LogP contribution in [-0.4, -0.2) is 47.5 Å². The lowest BCUT2D eigenvalue weighted by Gasteiger charge is -2.34. The Morgan fingerprint density at radius 1 is 1.28 bits per heavy atom. The first-order valence-corrected chi connectivity index (χ1v) is 6.57. The largest absolute Gasteiger partial charge is 0.377 e. The molecule has 1 aromatic rings. The van der Waals surface area contributed by atoms with E-state index in [4.69, 9.17) is 10.5 Å². The van der Waals surface area contributed by atoms with Crippen molar-refractivity contribution in [2.75, 3.05) is 31.2 Å². The van der Waals surface area contributed by atoms with Gasteiger partial charge in [-0.2, -0.15) is 5.10 Å². The molecule has 0 amide bonds. The SMILES string of the molecule is CCc1nnc(N2CCOCC2CN)nc1CC. The summed E-state index contributed by atoms with van der Waals surface area (Å²) in [6.07, 6.45) is 1.75. The third-order valence-electron chi connectivity index (χ3n) is 3.25. The van der Waals surface area contributed by atoms with Crippen LogP contribution in [0.15, 0.2) is 0 Å². The molecule has 2 rings (SSSR count). The second-order valence-electron chi connectivity index (χ2n) is 4.37. The number of aryl methyl sites for hydroxylation is 2. The van der Waals surface area contributed by atoms with E-state index in [1.807, 2.05) is 0 Å². The second kappa shape index (κ2) is 6.06. The Balaban J connectivity index is 2.26. The van der Waals surface area contributed by atoms with Crippen molar-refractivity contribution < 1.29 is 4.74 Å². The van der Waals surface area contributed by atoms with E-state index in [-0.39, 0.29) is 6.04 Å². The predicted octanol–water partition coefficient (Wildman–Crippen LogP) is 0.160. The predicted molar refractivity (Wildman–Crippen MR) is 69.6 cm³/mol. The fourth-order valence-corrected chi connectivity index (χ4v) is 2.16. The fourth-order valence-electron chi connectivity index (χ4n) is 2.16. The number of anilines is 1. The smallest absolute Gasteiger partial charge is 0.246 e. The van der Waals surface area contributed by atoms with Gasteiger partial charge in [0.1, 0.15) is 0 Å². The maximum absolute atomic E-state index is 5.76. The van der Waals surface area contributed by atoms with Crippen LogP contribution >= 0.6 is 0 Å². The zero-order valence-corrected chi connectivity index (χ0v) is 11.1. The average Bonchev–Trinajstić information content (AvgIpc) is 2.46. The van der Waals surface area contributed by atoms with Gasteiger partial charge in [-0.05, 0) is 12.8 Å². The topological polar surface area (TPSA) is 77.2 Å². The van der Waals surface area contributed by atoms with Crippen molar-refractivity contribution in [1.82, 2.24) is 15.2 Å². The van der Waals surface area contributed by atoms with Crippen molar-refractivity contribution in [2.45, 2.75) is 32.7 Å². The quantitative estimate of drug-likeness (QED) is 0.821. The van der Waals surface area contributed by atoms with Crippen molar-refractivity contribution in [3.63, 3.8) is 0 Å². The monoisotopic (exact) mass is 251 g/mol. The minimum absolute atomic E-state index is 0.151. The first-order chi connectivity index (χ1) is 8.80. The van der Waals surface area contributed by atoms with Crippen LogP contribution in [0.5, 0.6) is 0 Å². The molecular formula is C12H21N5O. The van der Waals surface area contributed by atoms with Gasteiger partial charge < -0.3 is 15.4 Å². The highest BCUT2D eigenvalue weighted by Crippen LogP contribution is 2.15. The highest BCUT2D eigenvalue weighted by Gasteiger charge is 2.24. The first-order valence-electron chi connectivity index (χ1n) is 6.57. The van der Waals surface area contributed by atoms with E-state index in [0.29, 0.717) is 25.7 Å². The Morgan fingerprint density at radius 3 is 2.72 bits per heavy atom. The second-order valence-corrected chi connectivity index (χ2v) is 4.37. The standard InChI is InChI=1S/C12H21N5O/c1-3-10-11(4-2)15-16-12(14-10)17-5-6-18-8-9(17)7-13/h9H,3-8,13H2,1-2H3. The Bertz CT molecular complexity index is 398. The molecule has 1 aromatic heterocycles. The van der Waals surface area contributed by atoms with Crippen molar-refractivity contribution in [3.05, 3.63) is 11.4 Å². The van der Waals surface area contributed by atoms with Crippen LogP contribution in [0, 0.1) is 0 Å². The Hall–Kier alpha value is -1.27. The van der Waals surface area contributed by atoms with Gasteiger partial charge in [-0.3, -0.25) is 0 Å². The number of nitrogens with zero attached hydrogens (tertiary/aromatic N) is 4. The number of morpholine rings is 1. The summed E-state index contributed by atoms with van der Waals surface area (Å²) in [5, 5.41) is 8.51. The Morgan fingerprint density at radius 2 is 2.06 bits per heavy atom. The summed E-state index contributed by atoms with van der Waals surface area (Å²) >= 11 is 0. The molecule has 18 heavy (non-hydrogen) atoms. The maximum Gasteiger partial charge on any atom is 0.246 e. The molecule has 2 N–H and O–H groups in total. The molecule has 0 saturated carbocycles. The number of hydrogen-bond donors (Lipinski definition) is 1. The van der Waals surface area contributed by atoms with Gasteiger partial charge in [0.05, 0.1) is 30.6 Å². The Kier molecular flexibility index (Phi) is 4.43. The van der Waals surface area contributed by atoms with Crippen LogP contribution < -0.4 is 10.6 Å². The minimum Gasteiger partial charge on any atom is -0.377 e. The van der Waals surface area contributed by atoms with Crippen molar-refractivity contribution >= 4 is 5.95 Å². The van der Waals surface area contributed by atoms with E-state index in [1.54, 1.807) is 0 Å². The van der Waals surface area contributed by atoms with E-state index in [1.165, 1.54) is 0 Å². The fraction of sp³-hybridized carbons (Fsp3) is 0.750. The summed E-state index contributed by atoms with van der Waals surface area (Å²) in [4.78, 5) is 6.73. The number of rotatable bonds is 4. The summed E-state index contributed by atoms with van der Waals surface area (Å²) in [5.74, 6) is 0.683. The van der Waals surface area contributed by atoms with Crippen molar-refractivity contribution in [2.24, 2.45) is 5.73 Å². The van der Waals surface area contributed by atoms with Gasteiger partial charge in [0.2, 0.25) is 5.95 Å². The number of aromatic nitrogens is 3. The summed E-state index contributed by atoms with van der Waals surface area (Å²) in [6, 6.07) is 0.151. The molecule has 0 radical (unpaired) electrons. The van der Waals surface area contributed by atoms with E-state index in [2.05, 4.69) is 33.9 Å². The molecule has 2 heterocycles. The molecule has 0 spiro atoms. The maximum atomic E-state index is 5.76. The van der Waals surface area contributed by atoms with Crippen LogP contribution in [0.2, 0.25) is 0 Å². The molecule has 6 heteroatoms. The van der Waals surface area contributed by atoms with Gasteiger partial charge in [0, 0.05) is 13.1 Å². The lowest BCUT2D eigenvalue weighted by molar-refractivity contribution is 0.0952. The zero-order valence-electron chi connectivity index (χ0n) is 11.1. The molecule has 1 atom stereocenters. The van der Waals surface area contributed by atoms with Crippen LogP contribution in [0.3, 0.4) is 0 Å². The van der Waals surface area contributed by atoms with Gasteiger partial charge in [0.15, 0.2) is 0 Å². The summed E-state index contributed by atoms with van der Waals surface area (Å²) in [5.41, 5.74) is 7.78. The van der Waals surface area contributed by atoms with Crippen LogP contribution in [0.25, 0.3) is 0 Å². The summed E-state index contributed by atoms with van der Waals surface area (Å²) < 4.78 is 5.43. The molecule has 0 aliphatic carbocycles. The first kappa shape index (κ1) is 13.2. The molecule has 1 fully saturated rings. The van der Waals surface area contributed by atoms with Gasteiger partial charge in [-0.15, -0.1) is 5.10 Å². The van der Waals surface area contributed by atoms with E-state index in [9.17, 15) is 0 Å². The highest BCUT2D eigenvalue weighted by atomic mass is 16.5. The molecule has 0 aromatic carbocycles. The molecule has 100 valence electrons. The van der Waals surface area contributed by atoms with E-state index < -0.39 is 0 Å². The normalized spacial score (nSPS) is 20.2. The van der Waals surface area contributed by atoms with Crippen molar-refractivity contribution in [1.29, 1.82) is 0 Å². The summed E-state index contributed by atoms with van der Waals surface area (Å²) in [7, 11) is 0. The minimum atomic E-state index is 0.151. The third-order valence-corrected chi connectivity index (χ3v) is 3.25. The van der Waals surface area contributed by atoms with Gasteiger partial charge >= 0.3 is 0 Å². The van der Waals surface area contributed by atoms with Crippen molar-refractivity contribution in [3.8, 4) is 0 Å². The van der Waals surface area contributed by atoms with Gasteiger partial charge in [-0.1, -0.05) is 13.8 Å². The molecule has 1 unspecified atom stereocenters. The lowest BCUT2D eigenvalue weighted by Crippen LogP contribution is -2.50. The zero-order chi connectivity index (χ0) is 13.0.